The predicted octanol–water partition coefficient (Wildman–Crippen LogP) is 4.82. The standard InChI is InChI=1S/C28H30N4O6S2/c1-4-37-28(34)30-13-15-31(16-14-30)40(35,36)23-10-8-21(9-11-23)26(33)32(18-22-6-5-17-38-22)27-29-25-20(3)19(2)7-12-24(25)39-27/h5-12,17H,4,13-16,18H2,1-3H3. The number of furan rings is 1. The van der Waals surface area contributed by atoms with Crippen LogP contribution in [-0.4, -0.2) is 67.4 Å². The SMILES string of the molecule is CCOC(=O)N1CCN(S(=O)(=O)c2ccc(C(=O)N(Cc3ccco3)c3nc4c(C)c(C)ccc4s3)cc2)CC1. The molecule has 0 radical (unpaired) electrons. The van der Waals surface area contributed by atoms with Crippen LogP contribution in [0, 0.1) is 13.8 Å². The van der Waals surface area contributed by atoms with Crippen molar-refractivity contribution < 1.29 is 27.2 Å². The maximum atomic E-state index is 13.8. The molecule has 1 saturated heterocycles. The first-order valence-corrected chi connectivity index (χ1v) is 15.2. The summed E-state index contributed by atoms with van der Waals surface area (Å²) in [6.45, 7) is 7.02. The highest BCUT2D eigenvalue weighted by Crippen LogP contribution is 2.33. The number of amides is 2. The Bertz CT molecular complexity index is 1620. The number of aryl methyl sites for hydroxylation is 2. The molecule has 5 rings (SSSR count). The lowest BCUT2D eigenvalue weighted by molar-refractivity contribution is 0.0933. The summed E-state index contributed by atoms with van der Waals surface area (Å²) in [5.41, 5.74) is 3.35. The first kappa shape index (κ1) is 27.8. The number of hydrogen-bond acceptors (Lipinski definition) is 8. The van der Waals surface area contributed by atoms with E-state index in [4.69, 9.17) is 14.1 Å². The highest BCUT2D eigenvalue weighted by Gasteiger charge is 2.31. The second-order valence-corrected chi connectivity index (χ2v) is 12.4. The molecule has 40 heavy (non-hydrogen) atoms. The molecule has 0 atom stereocenters. The van der Waals surface area contributed by atoms with Crippen molar-refractivity contribution in [1.29, 1.82) is 0 Å². The van der Waals surface area contributed by atoms with E-state index in [0.29, 0.717) is 16.5 Å². The van der Waals surface area contributed by atoms with E-state index in [-0.39, 0.29) is 50.1 Å². The average molecular weight is 583 g/mol. The second kappa shape index (κ2) is 11.4. The Morgan fingerprint density at radius 3 is 2.42 bits per heavy atom. The highest BCUT2D eigenvalue weighted by molar-refractivity contribution is 7.89. The van der Waals surface area contributed by atoms with E-state index in [1.54, 1.807) is 30.2 Å². The molecule has 0 saturated carbocycles. The number of anilines is 1. The zero-order chi connectivity index (χ0) is 28.4. The van der Waals surface area contributed by atoms with Gasteiger partial charge in [0, 0.05) is 31.7 Å². The Morgan fingerprint density at radius 1 is 1.05 bits per heavy atom. The van der Waals surface area contributed by atoms with E-state index in [2.05, 4.69) is 0 Å². The van der Waals surface area contributed by atoms with E-state index in [0.717, 1.165) is 21.3 Å². The van der Waals surface area contributed by atoms with Crippen molar-refractivity contribution in [2.45, 2.75) is 32.2 Å². The minimum atomic E-state index is -3.80. The lowest BCUT2D eigenvalue weighted by Gasteiger charge is -2.33. The molecular formula is C28H30N4O6S2. The van der Waals surface area contributed by atoms with Crippen molar-refractivity contribution in [1.82, 2.24) is 14.2 Å². The maximum absolute atomic E-state index is 13.8. The smallest absolute Gasteiger partial charge is 0.409 e. The quantitative estimate of drug-likeness (QED) is 0.307. The Hall–Kier alpha value is -3.74. The Morgan fingerprint density at radius 2 is 1.77 bits per heavy atom. The minimum Gasteiger partial charge on any atom is -0.467 e. The Balaban J connectivity index is 1.38. The van der Waals surface area contributed by atoms with Crippen LogP contribution >= 0.6 is 11.3 Å². The fourth-order valence-corrected chi connectivity index (χ4v) is 6.96. The van der Waals surface area contributed by atoms with Crippen LogP contribution in [0.4, 0.5) is 9.93 Å². The van der Waals surface area contributed by atoms with Gasteiger partial charge in [0.15, 0.2) is 5.13 Å². The van der Waals surface area contributed by atoms with Crippen LogP contribution in [0.5, 0.6) is 0 Å². The Kier molecular flexibility index (Phi) is 7.92. The molecule has 4 aromatic rings. The number of hydrogen-bond donors (Lipinski definition) is 0. The van der Waals surface area contributed by atoms with Gasteiger partial charge in [0.25, 0.3) is 5.91 Å². The molecule has 10 nitrogen and oxygen atoms in total. The molecule has 1 fully saturated rings. The number of ether oxygens (including phenoxy) is 1. The van der Waals surface area contributed by atoms with Crippen LogP contribution in [0.2, 0.25) is 0 Å². The number of nitrogens with zero attached hydrogens (tertiary/aromatic N) is 4. The fourth-order valence-electron chi connectivity index (χ4n) is 4.51. The van der Waals surface area contributed by atoms with Crippen molar-refractivity contribution in [2.24, 2.45) is 0 Å². The molecule has 0 aliphatic carbocycles. The summed E-state index contributed by atoms with van der Waals surface area (Å²) in [6.07, 6.45) is 1.11. The molecule has 210 valence electrons. The van der Waals surface area contributed by atoms with Gasteiger partial charge >= 0.3 is 6.09 Å². The van der Waals surface area contributed by atoms with Gasteiger partial charge in [-0.25, -0.2) is 18.2 Å². The minimum absolute atomic E-state index is 0.0808. The number of aromatic nitrogens is 1. The Labute approximate surface area is 236 Å². The molecule has 0 unspecified atom stereocenters. The molecule has 0 spiro atoms. The summed E-state index contributed by atoms with van der Waals surface area (Å²) >= 11 is 1.42. The molecule has 2 amide bonds. The molecule has 0 N–H and O–H groups in total. The molecule has 1 aliphatic heterocycles. The summed E-state index contributed by atoms with van der Waals surface area (Å²) < 4.78 is 39.4. The van der Waals surface area contributed by atoms with Gasteiger partial charge < -0.3 is 14.1 Å². The first-order valence-electron chi connectivity index (χ1n) is 12.9. The molecule has 2 aromatic carbocycles. The third-order valence-electron chi connectivity index (χ3n) is 6.95. The molecular weight excluding hydrogens is 552 g/mol. The maximum Gasteiger partial charge on any atom is 0.409 e. The van der Waals surface area contributed by atoms with Crippen molar-refractivity contribution in [3.05, 3.63) is 77.2 Å². The van der Waals surface area contributed by atoms with Gasteiger partial charge in [-0.3, -0.25) is 9.69 Å². The van der Waals surface area contributed by atoms with Crippen LogP contribution in [0.1, 0.15) is 34.2 Å². The summed E-state index contributed by atoms with van der Waals surface area (Å²) in [5.74, 6) is 0.276. The molecule has 0 bridgehead atoms. The zero-order valence-corrected chi connectivity index (χ0v) is 24.1. The molecule has 12 heteroatoms. The summed E-state index contributed by atoms with van der Waals surface area (Å²) in [4.78, 5) is 33.6. The first-order chi connectivity index (χ1) is 19.2. The number of fused-ring (bicyclic) bond motifs is 1. The third kappa shape index (κ3) is 5.47. The molecule has 3 heterocycles. The van der Waals surface area contributed by atoms with Crippen molar-refractivity contribution in [3.63, 3.8) is 0 Å². The largest absolute Gasteiger partial charge is 0.467 e. The number of piperazine rings is 1. The molecule has 1 aliphatic rings. The number of carbonyl (C=O) groups is 2. The van der Waals surface area contributed by atoms with Gasteiger partial charge in [0.2, 0.25) is 10.0 Å². The van der Waals surface area contributed by atoms with Gasteiger partial charge in [-0.05, 0) is 74.4 Å². The summed E-state index contributed by atoms with van der Waals surface area (Å²) in [7, 11) is -3.80. The van der Waals surface area contributed by atoms with E-state index < -0.39 is 16.1 Å². The van der Waals surface area contributed by atoms with Gasteiger partial charge in [-0.1, -0.05) is 17.4 Å². The van der Waals surface area contributed by atoms with E-state index in [1.165, 1.54) is 44.8 Å². The summed E-state index contributed by atoms with van der Waals surface area (Å²) in [6, 6.07) is 13.5. The fraction of sp³-hybridized carbons (Fsp3) is 0.321. The topological polar surface area (TPSA) is 113 Å². The van der Waals surface area contributed by atoms with Crippen LogP contribution < -0.4 is 4.90 Å². The van der Waals surface area contributed by atoms with Gasteiger partial charge in [0.1, 0.15) is 5.76 Å². The highest BCUT2D eigenvalue weighted by atomic mass is 32.2. The lowest BCUT2D eigenvalue weighted by Crippen LogP contribution is -2.50. The number of rotatable bonds is 7. The van der Waals surface area contributed by atoms with Crippen LogP contribution in [-0.2, 0) is 21.3 Å². The number of sulfonamides is 1. The van der Waals surface area contributed by atoms with E-state index >= 15 is 0 Å². The van der Waals surface area contributed by atoms with Crippen molar-refractivity contribution in [2.75, 3.05) is 37.7 Å². The van der Waals surface area contributed by atoms with Gasteiger partial charge in [-0.15, -0.1) is 0 Å². The van der Waals surface area contributed by atoms with E-state index in [1.807, 2.05) is 26.0 Å². The second-order valence-electron chi connectivity index (χ2n) is 9.44. The third-order valence-corrected chi connectivity index (χ3v) is 9.90. The lowest BCUT2D eigenvalue weighted by atomic mass is 10.1. The predicted molar refractivity (Wildman–Crippen MR) is 152 cm³/mol. The number of thiazole rings is 1. The van der Waals surface area contributed by atoms with Crippen molar-refractivity contribution >= 4 is 48.7 Å². The van der Waals surface area contributed by atoms with Crippen molar-refractivity contribution in [3.8, 4) is 0 Å². The van der Waals surface area contributed by atoms with E-state index in [9.17, 15) is 18.0 Å². The monoisotopic (exact) mass is 582 g/mol. The number of benzene rings is 2. The van der Waals surface area contributed by atoms with Crippen LogP contribution in [0.25, 0.3) is 10.2 Å². The zero-order valence-electron chi connectivity index (χ0n) is 22.5. The summed E-state index contributed by atoms with van der Waals surface area (Å²) in [5, 5.41) is 0.529. The van der Waals surface area contributed by atoms with Gasteiger partial charge in [0.05, 0.1) is 34.5 Å². The number of carbonyl (C=O) groups excluding carboxylic acids is 2. The average Bonchev–Trinajstić information content (AvgIpc) is 3.64. The normalized spacial score (nSPS) is 14.4. The van der Waals surface area contributed by atoms with Crippen LogP contribution in [0.15, 0.2) is 64.1 Å². The molecule has 2 aromatic heterocycles. The van der Waals surface area contributed by atoms with Gasteiger partial charge in [-0.2, -0.15) is 4.31 Å². The van der Waals surface area contributed by atoms with Crippen LogP contribution in [0.3, 0.4) is 0 Å².